The lowest BCUT2D eigenvalue weighted by Crippen LogP contribution is -2.27. The third kappa shape index (κ3) is 7.75. The Kier molecular flexibility index (Phi) is 10.0. The predicted molar refractivity (Wildman–Crippen MR) is 141 cm³/mol. The Morgan fingerprint density at radius 2 is 1.97 bits per heavy atom. The molecular weight excluding hydrogens is 484 g/mol. The number of alkyl halides is 3. The fraction of sp³-hybridized carbons (Fsp3) is 0.481. The summed E-state index contributed by atoms with van der Waals surface area (Å²) in [5.41, 5.74) is 1.70. The molecule has 6 nitrogen and oxygen atoms in total. The molecule has 0 saturated carbocycles. The number of aromatic nitrogens is 2. The lowest BCUT2D eigenvalue weighted by molar-refractivity contribution is -0.139. The Hall–Kier alpha value is -2.98. The van der Waals surface area contributed by atoms with Crippen LogP contribution >= 0.6 is 0 Å². The molecule has 1 aliphatic heterocycles. The second-order valence-corrected chi connectivity index (χ2v) is 9.43. The largest absolute Gasteiger partial charge is 0.419 e. The summed E-state index contributed by atoms with van der Waals surface area (Å²) in [4.78, 5) is 6.63. The van der Waals surface area contributed by atoms with Crippen molar-refractivity contribution in [3.05, 3.63) is 58.8 Å². The van der Waals surface area contributed by atoms with E-state index in [-0.39, 0.29) is 11.5 Å². The first-order chi connectivity index (χ1) is 17.6. The van der Waals surface area contributed by atoms with Crippen molar-refractivity contribution in [3.8, 4) is 11.3 Å². The molecule has 0 bridgehead atoms. The van der Waals surface area contributed by atoms with Gasteiger partial charge in [0, 0.05) is 42.0 Å². The third-order valence-electron chi connectivity index (χ3n) is 6.28. The summed E-state index contributed by atoms with van der Waals surface area (Å²) in [7, 11) is 4.00. The van der Waals surface area contributed by atoms with Crippen LogP contribution in [0.5, 0.6) is 0 Å². The van der Waals surface area contributed by atoms with Gasteiger partial charge in [-0.1, -0.05) is 6.92 Å². The fourth-order valence-electron chi connectivity index (χ4n) is 4.34. The van der Waals surface area contributed by atoms with Crippen molar-refractivity contribution in [2.24, 2.45) is 4.99 Å². The Balaban J connectivity index is 1.99. The molecule has 0 spiro atoms. The van der Waals surface area contributed by atoms with Gasteiger partial charge >= 0.3 is 6.18 Å². The van der Waals surface area contributed by atoms with Crippen molar-refractivity contribution in [2.45, 2.75) is 45.2 Å². The van der Waals surface area contributed by atoms with Crippen LogP contribution in [0.4, 0.5) is 17.6 Å². The van der Waals surface area contributed by atoms with Gasteiger partial charge < -0.3 is 15.5 Å². The van der Waals surface area contributed by atoms with E-state index < -0.39 is 17.6 Å². The zero-order valence-electron chi connectivity index (χ0n) is 21.8. The van der Waals surface area contributed by atoms with E-state index in [1.54, 1.807) is 6.21 Å². The molecule has 0 aliphatic carbocycles. The van der Waals surface area contributed by atoms with Gasteiger partial charge in [-0.3, -0.25) is 5.10 Å². The number of benzene rings is 1. The smallest absolute Gasteiger partial charge is 0.369 e. The molecule has 1 fully saturated rings. The summed E-state index contributed by atoms with van der Waals surface area (Å²) in [5.74, 6) is -0.361. The molecule has 2 heterocycles. The highest BCUT2D eigenvalue weighted by atomic mass is 19.4. The maximum Gasteiger partial charge on any atom is 0.419 e. The summed E-state index contributed by atoms with van der Waals surface area (Å²) in [6.45, 7) is 7.23. The lowest BCUT2D eigenvalue weighted by Gasteiger charge is -2.23. The Labute approximate surface area is 215 Å². The van der Waals surface area contributed by atoms with Crippen molar-refractivity contribution < 1.29 is 17.6 Å². The minimum atomic E-state index is -4.80. The van der Waals surface area contributed by atoms with Gasteiger partial charge in [-0.25, -0.2) is 9.38 Å². The number of aliphatic imine (C=N–C) groups is 1. The molecule has 1 aliphatic rings. The maximum absolute atomic E-state index is 14.0. The standard InChI is InChI=1S/C27H36F4N6/c1-5-6-23(34-15-16-37(3)4)33-14-9-18(2)24-25(19-10-12-32-13-11-19)35-36-26(24)20-7-8-22(28)21(17-20)27(29,30)31/h6-9,14,17,19,32,34H,5,10-13,15-16H2,1-4H3,(H,35,36)/b18-9+,23-6?,33-14-. The molecule has 3 rings (SSSR count). The van der Waals surface area contributed by atoms with E-state index >= 15 is 0 Å². The van der Waals surface area contributed by atoms with Crippen molar-refractivity contribution in [3.63, 3.8) is 0 Å². The summed E-state index contributed by atoms with van der Waals surface area (Å²) in [6.07, 6.45) is 3.31. The quantitative estimate of drug-likeness (QED) is 0.283. The molecule has 0 atom stereocenters. The molecular formula is C27H36F4N6. The minimum absolute atomic E-state index is 0.184. The first kappa shape index (κ1) is 28.6. The van der Waals surface area contributed by atoms with Crippen molar-refractivity contribution in [1.29, 1.82) is 0 Å². The molecule has 0 unspecified atom stereocenters. The molecule has 202 valence electrons. The van der Waals surface area contributed by atoms with E-state index in [1.165, 1.54) is 6.07 Å². The first-order valence-corrected chi connectivity index (χ1v) is 12.6. The first-order valence-electron chi connectivity index (χ1n) is 12.6. The van der Waals surface area contributed by atoms with Crippen LogP contribution in [0, 0.1) is 5.82 Å². The van der Waals surface area contributed by atoms with Crippen molar-refractivity contribution in [2.75, 3.05) is 40.3 Å². The molecule has 1 aromatic carbocycles. The van der Waals surface area contributed by atoms with E-state index in [0.717, 1.165) is 80.2 Å². The monoisotopic (exact) mass is 520 g/mol. The van der Waals surface area contributed by atoms with Crippen LogP contribution in [0.25, 0.3) is 16.8 Å². The van der Waals surface area contributed by atoms with Crippen LogP contribution in [0.3, 0.4) is 0 Å². The molecule has 2 aromatic rings. The molecule has 1 aromatic heterocycles. The maximum atomic E-state index is 14.0. The number of aromatic amines is 1. The van der Waals surface area contributed by atoms with Crippen LogP contribution in [0.2, 0.25) is 0 Å². The van der Waals surface area contributed by atoms with Gasteiger partial charge in [0.15, 0.2) is 0 Å². The number of hydrogen-bond acceptors (Lipinski definition) is 5. The number of allylic oxidation sites excluding steroid dienone is 3. The van der Waals surface area contributed by atoms with Gasteiger partial charge in [0.2, 0.25) is 0 Å². The SMILES string of the molecule is CCC=C(/N=C\C=C(/C)c1c(-c2ccc(F)c(C(F)(F)F)c2)n[nH]c1C1CCNCC1)NCCN(C)C. The fourth-order valence-corrected chi connectivity index (χ4v) is 4.34. The van der Waals surface area contributed by atoms with Gasteiger partial charge in [-0.2, -0.15) is 18.3 Å². The topological polar surface area (TPSA) is 68.3 Å². The number of H-pyrrole nitrogens is 1. The van der Waals surface area contributed by atoms with Crippen LogP contribution < -0.4 is 10.6 Å². The molecule has 0 amide bonds. The van der Waals surface area contributed by atoms with E-state index in [4.69, 9.17) is 0 Å². The zero-order chi connectivity index (χ0) is 27.0. The predicted octanol–water partition coefficient (Wildman–Crippen LogP) is 5.58. The molecule has 1 saturated heterocycles. The van der Waals surface area contributed by atoms with Crippen LogP contribution in [-0.4, -0.2) is 61.6 Å². The summed E-state index contributed by atoms with van der Waals surface area (Å²) >= 11 is 0. The Morgan fingerprint density at radius 1 is 1.24 bits per heavy atom. The number of piperidine rings is 1. The second kappa shape index (κ2) is 13.0. The lowest BCUT2D eigenvalue weighted by atomic mass is 9.88. The van der Waals surface area contributed by atoms with E-state index in [9.17, 15) is 17.6 Å². The molecule has 10 heteroatoms. The summed E-state index contributed by atoms with van der Waals surface area (Å²) in [5, 5.41) is 14.1. The van der Waals surface area contributed by atoms with E-state index in [2.05, 4.69) is 30.7 Å². The van der Waals surface area contributed by atoms with Crippen LogP contribution in [0.15, 0.2) is 41.2 Å². The number of nitrogens with zero attached hydrogens (tertiary/aromatic N) is 3. The van der Waals surface area contributed by atoms with E-state index in [1.807, 2.05) is 40.1 Å². The highest BCUT2D eigenvalue weighted by molar-refractivity contribution is 5.89. The van der Waals surface area contributed by atoms with Gasteiger partial charge in [-0.15, -0.1) is 0 Å². The van der Waals surface area contributed by atoms with Crippen LogP contribution in [0.1, 0.15) is 55.8 Å². The minimum Gasteiger partial charge on any atom is -0.369 e. The molecule has 37 heavy (non-hydrogen) atoms. The summed E-state index contributed by atoms with van der Waals surface area (Å²) < 4.78 is 54.2. The number of rotatable bonds is 10. The normalized spacial score (nSPS) is 16.2. The highest BCUT2D eigenvalue weighted by Gasteiger charge is 2.35. The van der Waals surface area contributed by atoms with E-state index in [0.29, 0.717) is 5.69 Å². The average molecular weight is 521 g/mol. The van der Waals surface area contributed by atoms with Gasteiger partial charge in [0.1, 0.15) is 11.6 Å². The highest BCUT2D eigenvalue weighted by Crippen LogP contribution is 2.39. The zero-order valence-corrected chi connectivity index (χ0v) is 21.8. The van der Waals surface area contributed by atoms with Crippen LogP contribution in [-0.2, 0) is 6.18 Å². The Bertz CT molecular complexity index is 1120. The number of halogens is 4. The van der Waals surface area contributed by atoms with Crippen molar-refractivity contribution in [1.82, 2.24) is 25.7 Å². The summed E-state index contributed by atoms with van der Waals surface area (Å²) in [6, 6.07) is 3.02. The number of likely N-dealkylation sites (N-methyl/N-ethyl adjacent to an activating group) is 1. The Morgan fingerprint density at radius 3 is 2.62 bits per heavy atom. The number of nitrogens with one attached hydrogen (secondary N) is 3. The van der Waals surface area contributed by atoms with Crippen molar-refractivity contribution >= 4 is 11.8 Å². The van der Waals surface area contributed by atoms with Gasteiger partial charge in [0.25, 0.3) is 0 Å². The van der Waals surface area contributed by atoms with Gasteiger partial charge in [-0.05, 0) is 89.3 Å². The third-order valence-corrected chi connectivity index (χ3v) is 6.28. The average Bonchev–Trinajstić information content (AvgIpc) is 3.29. The molecule has 0 radical (unpaired) electrons. The second-order valence-electron chi connectivity index (χ2n) is 9.43. The molecule has 3 N–H and O–H groups in total. The van der Waals surface area contributed by atoms with Gasteiger partial charge in [0.05, 0.1) is 11.3 Å². The number of hydrogen-bond donors (Lipinski definition) is 3.